The van der Waals surface area contributed by atoms with E-state index in [1.807, 2.05) is 13.8 Å². The van der Waals surface area contributed by atoms with Crippen LogP contribution in [0.25, 0.3) is 0 Å². The van der Waals surface area contributed by atoms with Crippen molar-refractivity contribution in [2.75, 3.05) is 19.7 Å². The van der Waals surface area contributed by atoms with Gasteiger partial charge < -0.3 is 14.7 Å². The second-order valence-electron chi connectivity index (χ2n) is 3.21. The number of esters is 1. The van der Waals surface area contributed by atoms with Gasteiger partial charge in [-0.05, 0) is 26.8 Å². The zero-order valence-electron chi connectivity index (χ0n) is 13.0. The van der Waals surface area contributed by atoms with Crippen LogP contribution in [0.1, 0.15) is 20.8 Å². The zero-order chi connectivity index (χ0) is 17.3. The number of carboxylic acid groups (broad SMARTS) is 1. The van der Waals surface area contributed by atoms with Crippen LogP contribution in [0.15, 0.2) is 38.0 Å². The van der Waals surface area contributed by atoms with E-state index >= 15 is 0 Å². The predicted octanol–water partition coefficient (Wildman–Crippen LogP) is 2.03. The van der Waals surface area contributed by atoms with Crippen LogP contribution >= 0.6 is 0 Å². The zero-order valence-corrected chi connectivity index (χ0v) is 13.0. The molecule has 0 aromatic rings. The molecule has 6 heteroatoms. The topological polar surface area (TPSA) is 83.9 Å². The molecule has 0 rings (SSSR count). The Morgan fingerprint density at radius 3 is 1.52 bits per heavy atom. The molecule has 0 heterocycles. The number of nitrogens with zero attached hydrogens (tertiary/aromatic N) is 1. The average molecular weight is 299 g/mol. The number of carboxylic acids is 1. The van der Waals surface area contributed by atoms with Gasteiger partial charge in [0.2, 0.25) is 5.91 Å². The van der Waals surface area contributed by atoms with Gasteiger partial charge in [0.15, 0.2) is 0 Å². The van der Waals surface area contributed by atoms with Crippen molar-refractivity contribution in [3.63, 3.8) is 0 Å². The normalized spacial score (nSPS) is 7.76. The number of rotatable bonds is 6. The molecular formula is C15H25NO5. The van der Waals surface area contributed by atoms with Crippen LogP contribution in [0.4, 0.5) is 0 Å². The van der Waals surface area contributed by atoms with Gasteiger partial charge in [0.05, 0.1) is 6.61 Å². The highest BCUT2D eigenvalue weighted by Gasteiger charge is 2.01. The average Bonchev–Trinajstić information content (AvgIpc) is 2.49. The lowest BCUT2D eigenvalue weighted by Gasteiger charge is -2.15. The Bertz CT molecular complexity index is 346. The first kappa shape index (κ1) is 23.7. The van der Waals surface area contributed by atoms with E-state index < -0.39 is 5.97 Å². The summed E-state index contributed by atoms with van der Waals surface area (Å²) in [6.45, 7) is 17.2. The van der Waals surface area contributed by atoms with Crippen LogP contribution in [-0.2, 0) is 19.1 Å². The van der Waals surface area contributed by atoms with E-state index in [2.05, 4.69) is 24.5 Å². The number of amides is 1. The molecule has 0 atom stereocenters. The predicted molar refractivity (Wildman–Crippen MR) is 82.8 cm³/mol. The van der Waals surface area contributed by atoms with Crippen molar-refractivity contribution < 1.29 is 24.2 Å². The fourth-order valence-electron chi connectivity index (χ4n) is 0.866. The van der Waals surface area contributed by atoms with Crippen molar-refractivity contribution in [3.05, 3.63) is 38.0 Å². The van der Waals surface area contributed by atoms with Gasteiger partial charge in [-0.15, -0.1) is 0 Å². The highest BCUT2D eigenvalue weighted by atomic mass is 16.5. The van der Waals surface area contributed by atoms with Gasteiger partial charge in [0.1, 0.15) is 0 Å². The van der Waals surface area contributed by atoms with Crippen molar-refractivity contribution in [1.82, 2.24) is 4.90 Å². The quantitative estimate of drug-likeness (QED) is 0.599. The van der Waals surface area contributed by atoms with Crippen LogP contribution in [-0.4, -0.2) is 47.5 Å². The molecule has 0 saturated heterocycles. The summed E-state index contributed by atoms with van der Waals surface area (Å²) < 4.78 is 4.43. The smallest absolute Gasteiger partial charge is 0.330 e. The number of aliphatic carboxylic acids is 1. The van der Waals surface area contributed by atoms with E-state index in [9.17, 15) is 14.4 Å². The van der Waals surface area contributed by atoms with Crippen molar-refractivity contribution in [1.29, 1.82) is 0 Å². The van der Waals surface area contributed by atoms with Crippen molar-refractivity contribution in [2.45, 2.75) is 20.8 Å². The highest BCUT2D eigenvalue weighted by Crippen LogP contribution is 1.87. The molecule has 0 fully saturated rings. The molecule has 21 heavy (non-hydrogen) atoms. The second kappa shape index (κ2) is 17.6. The van der Waals surface area contributed by atoms with Crippen molar-refractivity contribution in [2.24, 2.45) is 0 Å². The van der Waals surface area contributed by atoms with Crippen molar-refractivity contribution >= 4 is 17.8 Å². The van der Waals surface area contributed by atoms with Crippen LogP contribution in [0.5, 0.6) is 0 Å². The molecule has 0 aromatic heterocycles. The molecule has 1 N–H and O–H groups in total. The molecular weight excluding hydrogens is 274 g/mol. The highest BCUT2D eigenvalue weighted by molar-refractivity contribution is 5.86. The van der Waals surface area contributed by atoms with E-state index in [1.165, 1.54) is 6.08 Å². The SMILES string of the molecule is C=CC(=O)N(CC)CC.C=CC(=O)O.C=CC(=O)OCC. The maximum absolute atomic E-state index is 10.8. The lowest BCUT2D eigenvalue weighted by Crippen LogP contribution is -2.28. The Morgan fingerprint density at radius 2 is 1.43 bits per heavy atom. The molecule has 0 saturated carbocycles. The Balaban J connectivity index is -0.000000242. The number of carbonyl (C=O) groups is 3. The number of carbonyl (C=O) groups excluding carboxylic acids is 2. The fourth-order valence-corrected chi connectivity index (χ4v) is 0.866. The third kappa shape index (κ3) is 20.1. The standard InChI is InChI=1S/C7H13NO.C5H8O2.C3H4O2/c1-4-7(9)8(5-2)6-3;1-3-5(6)7-4-2;1-2-3(4)5/h4H,1,5-6H2,2-3H3;3H,1,4H2,2H3;2H,1H2,(H,4,5). The molecule has 0 radical (unpaired) electrons. The minimum Gasteiger partial charge on any atom is -0.478 e. The number of likely N-dealkylation sites (N-methyl/N-ethyl adjacent to an activating group) is 1. The first-order valence-corrected chi connectivity index (χ1v) is 6.40. The number of hydrogen-bond acceptors (Lipinski definition) is 4. The molecule has 6 nitrogen and oxygen atoms in total. The summed E-state index contributed by atoms with van der Waals surface area (Å²) in [6.07, 6.45) is 3.32. The minimum atomic E-state index is -0.981. The minimum absolute atomic E-state index is 0.0139. The third-order valence-electron chi connectivity index (χ3n) is 1.88. The van der Waals surface area contributed by atoms with E-state index in [0.717, 1.165) is 25.2 Å². The van der Waals surface area contributed by atoms with Gasteiger partial charge >= 0.3 is 11.9 Å². The first-order valence-electron chi connectivity index (χ1n) is 6.40. The van der Waals surface area contributed by atoms with E-state index in [1.54, 1.807) is 11.8 Å². The Morgan fingerprint density at radius 1 is 1.00 bits per heavy atom. The molecule has 0 bridgehead atoms. The molecule has 0 aliphatic carbocycles. The van der Waals surface area contributed by atoms with Crippen molar-refractivity contribution in [3.8, 4) is 0 Å². The van der Waals surface area contributed by atoms with Gasteiger partial charge in [-0.2, -0.15) is 0 Å². The van der Waals surface area contributed by atoms with E-state index in [0.29, 0.717) is 6.61 Å². The van der Waals surface area contributed by atoms with E-state index in [-0.39, 0.29) is 11.9 Å². The van der Waals surface area contributed by atoms with Gasteiger partial charge in [-0.3, -0.25) is 4.79 Å². The monoisotopic (exact) mass is 299 g/mol. The molecule has 120 valence electrons. The summed E-state index contributed by atoms with van der Waals surface area (Å²) in [5.41, 5.74) is 0. The molecule has 0 aliphatic rings. The third-order valence-corrected chi connectivity index (χ3v) is 1.88. The number of ether oxygens (including phenoxy) is 1. The summed E-state index contributed by atoms with van der Waals surface area (Å²) in [4.78, 5) is 31.8. The fraction of sp³-hybridized carbons (Fsp3) is 0.400. The maximum atomic E-state index is 10.8. The first-order chi connectivity index (χ1) is 9.83. The van der Waals surface area contributed by atoms with E-state index in [4.69, 9.17) is 5.11 Å². The van der Waals surface area contributed by atoms with Crippen LogP contribution in [0, 0.1) is 0 Å². The van der Waals surface area contributed by atoms with Crippen LogP contribution < -0.4 is 0 Å². The maximum Gasteiger partial charge on any atom is 0.330 e. The molecule has 0 aromatic carbocycles. The molecule has 0 unspecified atom stereocenters. The second-order valence-corrected chi connectivity index (χ2v) is 3.21. The lowest BCUT2D eigenvalue weighted by atomic mass is 10.4. The summed E-state index contributed by atoms with van der Waals surface area (Å²) in [6, 6.07) is 0. The Labute approximate surface area is 126 Å². The lowest BCUT2D eigenvalue weighted by molar-refractivity contribution is -0.137. The van der Waals surface area contributed by atoms with Gasteiger partial charge in [0.25, 0.3) is 0 Å². The largest absolute Gasteiger partial charge is 0.478 e. The summed E-state index contributed by atoms with van der Waals surface area (Å²) in [5.74, 6) is -1.33. The van der Waals surface area contributed by atoms with Crippen LogP contribution in [0.2, 0.25) is 0 Å². The Kier molecular flexibility index (Phi) is 19.9. The Hall–Kier alpha value is -2.37. The van der Waals surface area contributed by atoms with Crippen LogP contribution in [0.3, 0.4) is 0 Å². The summed E-state index contributed by atoms with van der Waals surface area (Å²) in [5, 5.41) is 7.60. The number of hydrogen-bond donors (Lipinski definition) is 1. The van der Waals surface area contributed by atoms with Gasteiger partial charge in [-0.25, -0.2) is 9.59 Å². The molecule has 0 aliphatic heterocycles. The summed E-state index contributed by atoms with van der Waals surface area (Å²) >= 11 is 0. The summed E-state index contributed by atoms with van der Waals surface area (Å²) in [7, 11) is 0. The molecule has 0 spiro atoms. The molecule has 1 amide bonds. The van der Waals surface area contributed by atoms with Gasteiger partial charge in [-0.1, -0.05) is 19.7 Å². The van der Waals surface area contributed by atoms with Gasteiger partial charge in [0, 0.05) is 25.2 Å².